The zero-order valence-corrected chi connectivity index (χ0v) is 16.3. The van der Waals surface area contributed by atoms with E-state index in [-0.39, 0.29) is 11.9 Å². The number of carbonyl (C=O) groups excluding carboxylic acids is 1. The molecular formula is C22H29N3O3. The van der Waals surface area contributed by atoms with Gasteiger partial charge in [0.2, 0.25) is 0 Å². The number of hydrogen-bond donors (Lipinski definition) is 2. The van der Waals surface area contributed by atoms with Gasteiger partial charge < -0.3 is 14.8 Å². The van der Waals surface area contributed by atoms with Gasteiger partial charge in [-0.05, 0) is 68.6 Å². The summed E-state index contributed by atoms with van der Waals surface area (Å²) in [5, 5.41) is 12.7. The normalized spacial score (nSPS) is 19.1. The Balaban J connectivity index is 1.23. The molecule has 2 N–H and O–H groups in total. The number of nitrogens with one attached hydrogen (secondary N) is 1. The first-order valence-corrected chi connectivity index (χ1v) is 10.3. The predicted molar refractivity (Wildman–Crippen MR) is 107 cm³/mol. The van der Waals surface area contributed by atoms with Crippen LogP contribution in [0.15, 0.2) is 40.8 Å². The number of benzene rings is 1. The number of rotatable bonds is 6. The molecule has 2 fully saturated rings. The van der Waals surface area contributed by atoms with Crippen LogP contribution in [-0.4, -0.2) is 53.0 Å². The minimum Gasteiger partial charge on any atom is -0.508 e. The molecule has 6 heteroatoms. The van der Waals surface area contributed by atoms with Crippen molar-refractivity contribution in [1.82, 2.24) is 15.1 Å². The molecule has 1 aromatic carbocycles. The lowest BCUT2D eigenvalue weighted by molar-refractivity contribution is 0.0877. The maximum absolute atomic E-state index is 12.5. The van der Waals surface area contributed by atoms with Crippen molar-refractivity contribution in [2.45, 2.75) is 44.8 Å². The van der Waals surface area contributed by atoms with Crippen LogP contribution in [0.3, 0.4) is 0 Å². The SMILES string of the molecule is O=C(NC1CCN(Cc2cccc(O)c2)CC1)c1ccc(CN2CCCC2)o1. The molecular weight excluding hydrogens is 354 g/mol. The molecule has 2 aliphatic rings. The number of piperidine rings is 1. The van der Waals surface area contributed by atoms with Crippen LogP contribution in [0, 0.1) is 0 Å². The summed E-state index contributed by atoms with van der Waals surface area (Å²) < 4.78 is 5.77. The second-order valence-electron chi connectivity index (χ2n) is 7.94. The Bertz CT molecular complexity index is 790. The molecule has 0 aliphatic carbocycles. The van der Waals surface area contributed by atoms with Crippen LogP contribution in [0.5, 0.6) is 5.75 Å². The highest BCUT2D eigenvalue weighted by molar-refractivity contribution is 5.91. The van der Waals surface area contributed by atoms with Crippen LogP contribution in [0.25, 0.3) is 0 Å². The zero-order valence-electron chi connectivity index (χ0n) is 16.3. The summed E-state index contributed by atoms with van der Waals surface area (Å²) in [6.07, 6.45) is 4.34. The highest BCUT2D eigenvalue weighted by atomic mass is 16.4. The first-order chi connectivity index (χ1) is 13.7. The molecule has 0 atom stereocenters. The average molecular weight is 383 g/mol. The average Bonchev–Trinajstić information content (AvgIpc) is 3.36. The monoisotopic (exact) mass is 383 g/mol. The van der Waals surface area contributed by atoms with Crippen molar-refractivity contribution in [2.75, 3.05) is 26.2 Å². The van der Waals surface area contributed by atoms with Gasteiger partial charge in [0.1, 0.15) is 11.5 Å². The number of phenolic OH excluding ortho intramolecular Hbond substituents is 1. The minimum absolute atomic E-state index is 0.112. The predicted octanol–water partition coefficient (Wildman–Crippen LogP) is 2.98. The van der Waals surface area contributed by atoms with E-state index >= 15 is 0 Å². The van der Waals surface area contributed by atoms with E-state index in [0.29, 0.717) is 11.5 Å². The van der Waals surface area contributed by atoms with Gasteiger partial charge in [-0.15, -0.1) is 0 Å². The van der Waals surface area contributed by atoms with Crippen LogP contribution in [-0.2, 0) is 13.1 Å². The standard InChI is InChI=1S/C22H29N3O3/c26-19-5-3-4-17(14-19)15-25-12-8-18(9-13-25)23-22(27)21-7-6-20(28-21)16-24-10-1-2-11-24/h3-7,14,18,26H,1-2,8-13,15-16H2,(H,23,27). The van der Waals surface area contributed by atoms with Crippen LogP contribution in [0.2, 0.25) is 0 Å². The van der Waals surface area contributed by atoms with Crippen molar-refractivity contribution in [1.29, 1.82) is 0 Å². The fourth-order valence-electron chi connectivity index (χ4n) is 4.15. The van der Waals surface area contributed by atoms with E-state index in [9.17, 15) is 9.90 Å². The molecule has 1 aromatic heterocycles. The lowest BCUT2D eigenvalue weighted by Gasteiger charge is -2.32. The molecule has 4 rings (SSSR count). The van der Waals surface area contributed by atoms with Gasteiger partial charge in [-0.1, -0.05) is 12.1 Å². The third kappa shape index (κ3) is 4.94. The van der Waals surface area contributed by atoms with E-state index in [2.05, 4.69) is 15.1 Å². The first kappa shape index (κ1) is 19.0. The van der Waals surface area contributed by atoms with Crippen molar-refractivity contribution in [3.05, 3.63) is 53.5 Å². The molecule has 2 aromatic rings. The Labute approximate surface area is 166 Å². The second kappa shape index (κ2) is 8.80. The molecule has 6 nitrogen and oxygen atoms in total. The summed E-state index contributed by atoms with van der Waals surface area (Å²) in [5.41, 5.74) is 1.11. The number of amides is 1. The molecule has 2 saturated heterocycles. The van der Waals surface area contributed by atoms with E-state index in [1.165, 1.54) is 12.8 Å². The highest BCUT2D eigenvalue weighted by Crippen LogP contribution is 2.18. The minimum atomic E-state index is -0.112. The summed E-state index contributed by atoms with van der Waals surface area (Å²) >= 11 is 0. The summed E-state index contributed by atoms with van der Waals surface area (Å²) in [4.78, 5) is 17.2. The third-order valence-corrected chi connectivity index (χ3v) is 5.70. The van der Waals surface area contributed by atoms with Crippen LogP contribution in [0.4, 0.5) is 0 Å². The van der Waals surface area contributed by atoms with Gasteiger partial charge in [0.25, 0.3) is 5.91 Å². The Kier molecular flexibility index (Phi) is 5.98. The van der Waals surface area contributed by atoms with E-state index in [4.69, 9.17) is 4.42 Å². The Morgan fingerprint density at radius 1 is 1.04 bits per heavy atom. The van der Waals surface area contributed by atoms with Gasteiger partial charge in [-0.25, -0.2) is 0 Å². The van der Waals surface area contributed by atoms with E-state index in [1.54, 1.807) is 12.1 Å². The molecule has 0 bridgehead atoms. The number of likely N-dealkylation sites (tertiary alicyclic amines) is 2. The smallest absolute Gasteiger partial charge is 0.287 e. The number of aromatic hydroxyl groups is 1. The van der Waals surface area contributed by atoms with Gasteiger partial charge in [0.15, 0.2) is 5.76 Å². The first-order valence-electron chi connectivity index (χ1n) is 10.3. The molecule has 1 amide bonds. The molecule has 0 spiro atoms. The molecule has 3 heterocycles. The van der Waals surface area contributed by atoms with Crippen LogP contribution >= 0.6 is 0 Å². The van der Waals surface area contributed by atoms with Gasteiger partial charge in [0, 0.05) is 25.7 Å². The summed E-state index contributed by atoms with van der Waals surface area (Å²) in [7, 11) is 0. The largest absolute Gasteiger partial charge is 0.508 e. The third-order valence-electron chi connectivity index (χ3n) is 5.70. The van der Waals surface area contributed by atoms with Crippen molar-refractivity contribution in [2.24, 2.45) is 0 Å². The number of carbonyl (C=O) groups is 1. The number of nitrogens with zero attached hydrogens (tertiary/aromatic N) is 2. The van der Waals surface area contributed by atoms with E-state index < -0.39 is 0 Å². The number of hydrogen-bond acceptors (Lipinski definition) is 5. The topological polar surface area (TPSA) is 69.0 Å². The molecule has 2 aliphatic heterocycles. The summed E-state index contributed by atoms with van der Waals surface area (Å²) in [6.45, 7) is 5.71. The van der Waals surface area contributed by atoms with E-state index in [0.717, 1.165) is 63.4 Å². The highest BCUT2D eigenvalue weighted by Gasteiger charge is 2.23. The maximum atomic E-state index is 12.5. The van der Waals surface area contributed by atoms with Crippen molar-refractivity contribution >= 4 is 5.91 Å². The van der Waals surface area contributed by atoms with Crippen LogP contribution in [0.1, 0.15) is 47.6 Å². The second-order valence-corrected chi connectivity index (χ2v) is 7.94. The Morgan fingerprint density at radius 3 is 2.54 bits per heavy atom. The Hall–Kier alpha value is -2.31. The number of furan rings is 1. The van der Waals surface area contributed by atoms with Crippen molar-refractivity contribution in [3.8, 4) is 5.75 Å². The van der Waals surface area contributed by atoms with E-state index in [1.807, 2.05) is 24.3 Å². The lowest BCUT2D eigenvalue weighted by atomic mass is 10.0. The summed E-state index contributed by atoms with van der Waals surface area (Å²) in [5.74, 6) is 1.48. The number of phenols is 1. The lowest BCUT2D eigenvalue weighted by Crippen LogP contribution is -2.44. The van der Waals surface area contributed by atoms with Gasteiger partial charge in [-0.3, -0.25) is 14.6 Å². The maximum Gasteiger partial charge on any atom is 0.287 e. The molecule has 150 valence electrons. The quantitative estimate of drug-likeness (QED) is 0.803. The fourth-order valence-corrected chi connectivity index (χ4v) is 4.15. The van der Waals surface area contributed by atoms with Crippen molar-refractivity contribution < 1.29 is 14.3 Å². The van der Waals surface area contributed by atoms with Crippen molar-refractivity contribution in [3.63, 3.8) is 0 Å². The zero-order chi connectivity index (χ0) is 19.3. The Morgan fingerprint density at radius 2 is 1.79 bits per heavy atom. The van der Waals surface area contributed by atoms with Crippen LogP contribution < -0.4 is 5.32 Å². The van der Waals surface area contributed by atoms with Gasteiger partial charge >= 0.3 is 0 Å². The molecule has 0 radical (unpaired) electrons. The fraction of sp³-hybridized carbons (Fsp3) is 0.500. The molecule has 0 saturated carbocycles. The van der Waals surface area contributed by atoms with Gasteiger partial charge in [-0.2, -0.15) is 0 Å². The molecule has 0 unspecified atom stereocenters. The van der Waals surface area contributed by atoms with Gasteiger partial charge in [0.05, 0.1) is 6.54 Å². The summed E-state index contributed by atoms with van der Waals surface area (Å²) in [6, 6.07) is 11.3. The molecule has 28 heavy (non-hydrogen) atoms.